The molecule has 1 amide bonds. The summed E-state index contributed by atoms with van der Waals surface area (Å²) in [6.07, 6.45) is 4.52. The van der Waals surface area contributed by atoms with Gasteiger partial charge in [0, 0.05) is 45.2 Å². The molecule has 0 aromatic heterocycles. The molecule has 1 unspecified atom stereocenters. The third kappa shape index (κ3) is 6.17. The van der Waals surface area contributed by atoms with Crippen molar-refractivity contribution in [2.45, 2.75) is 57.4 Å². The molecule has 9 nitrogen and oxygen atoms in total. The molecule has 220 valence electrons. The van der Waals surface area contributed by atoms with Gasteiger partial charge >= 0.3 is 0 Å². The highest BCUT2D eigenvalue weighted by Crippen LogP contribution is 2.37. The Morgan fingerprint density at radius 2 is 1.52 bits per heavy atom. The largest absolute Gasteiger partial charge is 0.495 e. The van der Waals surface area contributed by atoms with E-state index in [0.717, 1.165) is 42.5 Å². The molecule has 4 rings (SSSR count). The number of methoxy groups -OCH3 is 3. The fourth-order valence-electron chi connectivity index (χ4n) is 5.67. The van der Waals surface area contributed by atoms with Gasteiger partial charge in [-0.15, -0.1) is 0 Å². The van der Waals surface area contributed by atoms with Gasteiger partial charge in [0.25, 0.3) is 0 Å². The molecule has 1 fully saturated rings. The number of amides is 1. The van der Waals surface area contributed by atoms with Crippen molar-refractivity contribution in [2.75, 3.05) is 59.0 Å². The number of piperazine rings is 1. The lowest BCUT2D eigenvalue weighted by Crippen LogP contribution is -2.50. The Labute approximate surface area is 239 Å². The van der Waals surface area contributed by atoms with Crippen molar-refractivity contribution in [3.63, 3.8) is 0 Å². The van der Waals surface area contributed by atoms with Crippen LogP contribution >= 0.6 is 0 Å². The Bertz CT molecular complexity index is 1290. The maximum Gasteiger partial charge on any atom is 0.243 e. The van der Waals surface area contributed by atoms with Crippen molar-refractivity contribution in [1.29, 1.82) is 0 Å². The molecule has 10 heteroatoms. The van der Waals surface area contributed by atoms with Gasteiger partial charge in [-0.2, -0.15) is 4.31 Å². The number of sulfonamides is 1. The van der Waals surface area contributed by atoms with Gasteiger partial charge in [0.2, 0.25) is 15.9 Å². The summed E-state index contributed by atoms with van der Waals surface area (Å²) in [5.74, 6) is 2.16. The number of carbonyl (C=O) groups is 1. The third-order valence-electron chi connectivity index (χ3n) is 8.15. The van der Waals surface area contributed by atoms with E-state index in [1.165, 1.54) is 4.31 Å². The molecule has 2 heterocycles. The number of fused-ring (bicyclic) bond motifs is 1. The maximum absolute atomic E-state index is 13.8. The van der Waals surface area contributed by atoms with E-state index in [0.29, 0.717) is 56.4 Å². The van der Waals surface area contributed by atoms with Crippen LogP contribution in [0.2, 0.25) is 0 Å². The number of unbranched alkanes of at least 4 members (excludes halogenated alkanes) is 1. The zero-order chi connectivity index (χ0) is 28.9. The molecule has 2 aromatic carbocycles. The van der Waals surface area contributed by atoms with E-state index < -0.39 is 10.0 Å². The second kappa shape index (κ2) is 13.1. The van der Waals surface area contributed by atoms with Crippen LogP contribution in [0.3, 0.4) is 0 Å². The highest BCUT2D eigenvalue weighted by molar-refractivity contribution is 7.89. The van der Waals surface area contributed by atoms with Crippen LogP contribution in [0.4, 0.5) is 5.69 Å². The fraction of sp³-hybridized carbons (Fsp3) is 0.567. The van der Waals surface area contributed by atoms with E-state index in [4.69, 9.17) is 14.2 Å². The van der Waals surface area contributed by atoms with Crippen LogP contribution in [-0.4, -0.2) is 77.6 Å². The van der Waals surface area contributed by atoms with Gasteiger partial charge in [0.05, 0.1) is 31.9 Å². The summed E-state index contributed by atoms with van der Waals surface area (Å²) in [4.78, 5) is 17.4. The summed E-state index contributed by atoms with van der Waals surface area (Å²) >= 11 is 0. The molecule has 40 heavy (non-hydrogen) atoms. The molecule has 1 atom stereocenters. The quantitative estimate of drug-likeness (QED) is 0.396. The van der Waals surface area contributed by atoms with Gasteiger partial charge in [-0.3, -0.25) is 4.79 Å². The van der Waals surface area contributed by atoms with Crippen molar-refractivity contribution >= 4 is 21.6 Å². The molecule has 0 spiro atoms. The third-order valence-corrected chi connectivity index (χ3v) is 9.99. The summed E-state index contributed by atoms with van der Waals surface area (Å²) in [7, 11) is 1.00. The molecule has 0 aliphatic carbocycles. The van der Waals surface area contributed by atoms with Crippen LogP contribution in [0.15, 0.2) is 35.2 Å². The normalized spacial score (nSPS) is 16.8. The fourth-order valence-corrected chi connectivity index (χ4v) is 7.11. The van der Waals surface area contributed by atoms with Crippen LogP contribution in [-0.2, 0) is 27.8 Å². The van der Waals surface area contributed by atoms with Gasteiger partial charge in [-0.05, 0) is 60.7 Å². The number of carbonyl (C=O) groups excluding carboxylic acids is 1. The Hall–Kier alpha value is -2.98. The summed E-state index contributed by atoms with van der Waals surface area (Å²) in [6.45, 7) is 7.32. The first-order valence-electron chi connectivity index (χ1n) is 14.2. The number of hydrogen-bond donors (Lipinski definition) is 0. The van der Waals surface area contributed by atoms with E-state index >= 15 is 0 Å². The van der Waals surface area contributed by atoms with E-state index in [2.05, 4.69) is 18.7 Å². The zero-order valence-corrected chi connectivity index (χ0v) is 25.3. The topological polar surface area (TPSA) is 88.6 Å². The van der Waals surface area contributed by atoms with Crippen molar-refractivity contribution in [2.24, 2.45) is 5.92 Å². The Kier molecular flexibility index (Phi) is 9.84. The second-order valence-corrected chi connectivity index (χ2v) is 12.4. The average Bonchev–Trinajstić information content (AvgIpc) is 2.99. The van der Waals surface area contributed by atoms with Crippen LogP contribution in [0.25, 0.3) is 0 Å². The highest BCUT2D eigenvalue weighted by Gasteiger charge is 2.32. The predicted molar refractivity (Wildman–Crippen MR) is 156 cm³/mol. The Morgan fingerprint density at radius 3 is 2.12 bits per heavy atom. The molecule has 2 aromatic rings. The molecule has 1 saturated heterocycles. The summed E-state index contributed by atoms with van der Waals surface area (Å²) in [6, 6.07) is 8.85. The number of nitrogens with zero attached hydrogens (tertiary/aromatic N) is 3. The molecular weight excluding hydrogens is 530 g/mol. The van der Waals surface area contributed by atoms with Crippen molar-refractivity contribution in [3.8, 4) is 17.2 Å². The van der Waals surface area contributed by atoms with Crippen LogP contribution in [0, 0.1) is 5.92 Å². The molecule has 0 saturated carbocycles. The first-order valence-corrected chi connectivity index (χ1v) is 15.7. The Balaban J connectivity index is 1.51. The van der Waals surface area contributed by atoms with Crippen molar-refractivity contribution < 1.29 is 27.4 Å². The minimum Gasteiger partial charge on any atom is -0.495 e. The smallest absolute Gasteiger partial charge is 0.243 e. The number of ether oxygens (including phenoxy) is 3. The number of hydrogen-bond acceptors (Lipinski definition) is 7. The maximum atomic E-state index is 13.8. The van der Waals surface area contributed by atoms with Crippen LogP contribution < -0.4 is 19.1 Å². The average molecular weight is 574 g/mol. The summed E-state index contributed by atoms with van der Waals surface area (Å²) in [5.41, 5.74) is 2.70. The standard InChI is InChI=1S/C30H43N3O6S/c1-6-8-9-22(7-2)30(34)32-16-14-31(15-17-32)26-20-25(10-11-27(26)37-3)40(35,36)33-13-12-23-18-28(38-4)29(39-5)19-24(23)21-33/h10-11,18-20,22H,6-9,12-17,21H2,1-5H3. The van der Waals surface area contributed by atoms with Gasteiger partial charge in [0.1, 0.15) is 5.75 Å². The first kappa shape index (κ1) is 30.0. The first-order chi connectivity index (χ1) is 19.3. The van der Waals surface area contributed by atoms with Crippen molar-refractivity contribution in [1.82, 2.24) is 9.21 Å². The van der Waals surface area contributed by atoms with Gasteiger partial charge in [-0.25, -0.2) is 8.42 Å². The molecule has 0 bridgehead atoms. The monoisotopic (exact) mass is 573 g/mol. The lowest BCUT2D eigenvalue weighted by Gasteiger charge is -2.38. The Morgan fingerprint density at radius 1 is 0.875 bits per heavy atom. The summed E-state index contributed by atoms with van der Waals surface area (Å²) in [5, 5.41) is 0. The predicted octanol–water partition coefficient (Wildman–Crippen LogP) is 4.32. The van der Waals surface area contributed by atoms with E-state index in [1.807, 2.05) is 17.0 Å². The summed E-state index contributed by atoms with van der Waals surface area (Å²) < 4.78 is 45.6. The molecule has 0 radical (unpaired) electrons. The minimum atomic E-state index is -3.76. The molecule has 2 aliphatic heterocycles. The molecule has 2 aliphatic rings. The molecular formula is C30H43N3O6S. The number of rotatable bonds is 11. The second-order valence-electron chi connectivity index (χ2n) is 10.5. The SMILES string of the molecule is CCCCC(CC)C(=O)N1CCN(c2cc(S(=O)(=O)N3CCc4cc(OC)c(OC)cc4C3)ccc2OC)CC1. The molecule has 0 N–H and O–H groups in total. The van der Waals surface area contributed by atoms with Crippen LogP contribution in [0.5, 0.6) is 17.2 Å². The van der Waals surface area contributed by atoms with E-state index in [9.17, 15) is 13.2 Å². The number of benzene rings is 2. The van der Waals surface area contributed by atoms with Gasteiger partial charge in [0.15, 0.2) is 11.5 Å². The van der Waals surface area contributed by atoms with Crippen molar-refractivity contribution in [3.05, 3.63) is 41.5 Å². The van der Waals surface area contributed by atoms with Crippen LogP contribution in [0.1, 0.15) is 50.7 Å². The van der Waals surface area contributed by atoms with E-state index in [1.54, 1.807) is 39.5 Å². The van der Waals surface area contributed by atoms with Gasteiger partial charge < -0.3 is 24.0 Å². The highest BCUT2D eigenvalue weighted by atomic mass is 32.2. The van der Waals surface area contributed by atoms with Gasteiger partial charge in [-0.1, -0.05) is 26.7 Å². The van der Waals surface area contributed by atoms with E-state index in [-0.39, 0.29) is 23.3 Å². The number of anilines is 1. The lowest BCUT2D eigenvalue weighted by atomic mass is 9.97. The lowest BCUT2D eigenvalue weighted by molar-refractivity contribution is -0.136. The minimum absolute atomic E-state index is 0.0743. The zero-order valence-electron chi connectivity index (χ0n) is 24.4.